The highest BCUT2D eigenvalue weighted by Gasteiger charge is 2.34. The summed E-state index contributed by atoms with van der Waals surface area (Å²) < 4.78 is 5.65. The maximum atomic E-state index is 11.8. The molecule has 0 radical (unpaired) electrons. The summed E-state index contributed by atoms with van der Waals surface area (Å²) in [5, 5.41) is 7.44. The molecule has 0 amide bonds. The van der Waals surface area contributed by atoms with Gasteiger partial charge in [-0.2, -0.15) is 5.10 Å². The predicted octanol–water partition coefficient (Wildman–Crippen LogP) is 4.91. The van der Waals surface area contributed by atoms with Crippen LogP contribution in [-0.4, -0.2) is 16.5 Å². The molecule has 1 atom stereocenters. The average molecular weight is 365 g/mol. The topological polar surface area (TPSA) is 58.7 Å². The molecule has 26 heavy (non-hydrogen) atoms. The van der Waals surface area contributed by atoms with Gasteiger partial charge in [0.05, 0.1) is 22.5 Å². The first-order valence-corrected chi connectivity index (χ1v) is 9.30. The van der Waals surface area contributed by atoms with Gasteiger partial charge in [-0.1, -0.05) is 41.2 Å². The Balaban J connectivity index is 1.76. The smallest absolute Gasteiger partial charge is 0.207 e. The van der Waals surface area contributed by atoms with Crippen molar-refractivity contribution in [3.8, 4) is 0 Å². The van der Waals surface area contributed by atoms with Gasteiger partial charge in [0.25, 0.3) is 0 Å². The molecule has 1 aromatic carbocycles. The second-order valence-corrected chi connectivity index (χ2v) is 7.44. The van der Waals surface area contributed by atoms with Gasteiger partial charge in [-0.05, 0) is 31.5 Å². The fraction of sp³-hybridized carbons (Fsp3) is 0.250. The third-order valence-corrected chi connectivity index (χ3v) is 5.72. The standard InChI is InChI=1S/C20H19N3O2S/c1-12-6-8-15(9-7-12)16-11-17(18-5-4-10-25-18)23(22-16)20-21-13(2)19(26-20)14(3)24/h4-10,17H,11H2,1-3H3. The van der Waals surface area contributed by atoms with E-state index in [1.54, 1.807) is 13.2 Å². The summed E-state index contributed by atoms with van der Waals surface area (Å²) in [4.78, 5) is 17.1. The van der Waals surface area contributed by atoms with Crippen LogP contribution >= 0.6 is 11.3 Å². The van der Waals surface area contributed by atoms with Crippen molar-refractivity contribution in [2.45, 2.75) is 33.2 Å². The van der Waals surface area contributed by atoms with Crippen LogP contribution in [0.4, 0.5) is 5.13 Å². The summed E-state index contributed by atoms with van der Waals surface area (Å²) in [7, 11) is 0. The highest BCUT2D eigenvalue weighted by atomic mass is 32.1. The van der Waals surface area contributed by atoms with Crippen molar-refractivity contribution >= 4 is 28.0 Å². The van der Waals surface area contributed by atoms with Crippen LogP contribution < -0.4 is 5.01 Å². The Morgan fingerprint density at radius 3 is 2.62 bits per heavy atom. The lowest BCUT2D eigenvalue weighted by Gasteiger charge is -2.18. The molecule has 132 valence electrons. The highest BCUT2D eigenvalue weighted by Crippen LogP contribution is 2.39. The van der Waals surface area contributed by atoms with Gasteiger partial charge in [0.2, 0.25) is 5.13 Å². The van der Waals surface area contributed by atoms with Gasteiger partial charge >= 0.3 is 0 Å². The number of aromatic nitrogens is 1. The van der Waals surface area contributed by atoms with Crippen molar-refractivity contribution in [1.82, 2.24) is 4.98 Å². The minimum atomic E-state index is -0.0633. The van der Waals surface area contributed by atoms with Gasteiger partial charge < -0.3 is 4.42 Å². The molecule has 1 aliphatic rings. The summed E-state index contributed by atoms with van der Waals surface area (Å²) in [5.41, 5.74) is 4.04. The molecule has 3 heterocycles. The number of hydrogen-bond acceptors (Lipinski definition) is 6. The van der Waals surface area contributed by atoms with E-state index in [-0.39, 0.29) is 11.8 Å². The lowest BCUT2D eigenvalue weighted by molar-refractivity contribution is 0.102. The van der Waals surface area contributed by atoms with Gasteiger partial charge in [-0.15, -0.1) is 0 Å². The zero-order valence-electron chi connectivity index (χ0n) is 14.9. The Morgan fingerprint density at radius 1 is 1.23 bits per heavy atom. The number of anilines is 1. The molecular weight excluding hydrogens is 346 g/mol. The SMILES string of the molecule is CC(=O)c1sc(N2N=C(c3ccc(C)cc3)CC2c2ccco2)nc1C. The van der Waals surface area contributed by atoms with E-state index in [0.717, 1.165) is 34.3 Å². The fourth-order valence-corrected chi connectivity index (χ4v) is 4.08. The van der Waals surface area contributed by atoms with Crippen molar-refractivity contribution in [1.29, 1.82) is 0 Å². The Bertz CT molecular complexity index is 971. The fourth-order valence-electron chi connectivity index (χ4n) is 3.12. The monoisotopic (exact) mass is 365 g/mol. The number of carbonyl (C=O) groups excluding carboxylic acids is 1. The largest absolute Gasteiger partial charge is 0.467 e. The van der Waals surface area contributed by atoms with Crippen molar-refractivity contribution in [2.24, 2.45) is 5.10 Å². The molecule has 0 bridgehead atoms. The summed E-state index contributed by atoms with van der Waals surface area (Å²) in [6.07, 6.45) is 2.40. The molecule has 0 N–H and O–H groups in total. The first-order valence-electron chi connectivity index (χ1n) is 8.48. The number of thiazole rings is 1. The number of hydrogen-bond donors (Lipinski definition) is 0. The van der Waals surface area contributed by atoms with Crippen LogP contribution in [0.5, 0.6) is 0 Å². The number of aryl methyl sites for hydroxylation is 2. The van der Waals surface area contributed by atoms with Crippen molar-refractivity contribution < 1.29 is 9.21 Å². The molecule has 1 aliphatic heterocycles. The van der Waals surface area contributed by atoms with Crippen LogP contribution in [0.25, 0.3) is 0 Å². The van der Waals surface area contributed by atoms with E-state index in [9.17, 15) is 4.79 Å². The Kier molecular flexibility index (Phi) is 4.20. The highest BCUT2D eigenvalue weighted by molar-refractivity contribution is 7.17. The molecule has 0 spiro atoms. The van der Waals surface area contributed by atoms with Gasteiger partial charge in [0.1, 0.15) is 11.8 Å². The maximum Gasteiger partial charge on any atom is 0.207 e. The quantitative estimate of drug-likeness (QED) is 0.616. The van der Waals surface area contributed by atoms with Gasteiger partial charge in [0.15, 0.2) is 5.78 Å². The van der Waals surface area contributed by atoms with Crippen LogP contribution in [0, 0.1) is 13.8 Å². The second-order valence-electron chi connectivity index (χ2n) is 6.46. The lowest BCUT2D eigenvalue weighted by Crippen LogP contribution is -2.17. The number of benzene rings is 1. The molecule has 0 saturated heterocycles. The normalized spacial score (nSPS) is 16.8. The molecular formula is C20H19N3O2S. The van der Waals surface area contributed by atoms with E-state index < -0.39 is 0 Å². The third kappa shape index (κ3) is 2.97. The number of carbonyl (C=O) groups is 1. The Labute approximate surface area is 156 Å². The first-order chi connectivity index (χ1) is 12.5. The lowest BCUT2D eigenvalue weighted by atomic mass is 10.0. The van der Waals surface area contributed by atoms with E-state index in [2.05, 4.69) is 36.2 Å². The molecule has 3 aromatic rings. The number of nitrogens with zero attached hydrogens (tertiary/aromatic N) is 3. The van der Waals surface area contributed by atoms with Crippen LogP contribution in [0.2, 0.25) is 0 Å². The molecule has 2 aromatic heterocycles. The van der Waals surface area contributed by atoms with Crippen LogP contribution in [0.3, 0.4) is 0 Å². The van der Waals surface area contributed by atoms with E-state index in [4.69, 9.17) is 9.52 Å². The van der Waals surface area contributed by atoms with Crippen LogP contribution in [0.1, 0.15) is 51.6 Å². The molecule has 5 nitrogen and oxygen atoms in total. The van der Waals surface area contributed by atoms with Crippen molar-refractivity contribution in [2.75, 3.05) is 5.01 Å². The van der Waals surface area contributed by atoms with E-state index in [0.29, 0.717) is 4.88 Å². The molecule has 6 heteroatoms. The van der Waals surface area contributed by atoms with Crippen molar-refractivity contribution in [3.05, 3.63) is 70.1 Å². The summed E-state index contributed by atoms with van der Waals surface area (Å²) in [6.45, 7) is 5.50. The molecule has 0 fully saturated rings. The van der Waals surface area contributed by atoms with Crippen molar-refractivity contribution in [3.63, 3.8) is 0 Å². The zero-order chi connectivity index (χ0) is 18.3. The second kappa shape index (κ2) is 6.53. The maximum absolute atomic E-state index is 11.8. The van der Waals surface area contributed by atoms with Gasteiger partial charge in [-0.25, -0.2) is 9.99 Å². The van der Waals surface area contributed by atoms with E-state index in [1.807, 2.05) is 24.1 Å². The number of rotatable bonds is 4. The minimum absolute atomic E-state index is 0.0303. The van der Waals surface area contributed by atoms with Gasteiger partial charge in [-0.3, -0.25) is 4.79 Å². The predicted molar refractivity (Wildman–Crippen MR) is 103 cm³/mol. The zero-order valence-corrected chi connectivity index (χ0v) is 15.7. The number of Topliss-reactive ketones (excluding diaryl/α,β-unsaturated/α-hetero) is 1. The average Bonchev–Trinajstić information content (AvgIpc) is 3.33. The summed E-state index contributed by atoms with van der Waals surface area (Å²) in [6, 6.07) is 12.1. The third-order valence-electron chi connectivity index (χ3n) is 4.47. The van der Waals surface area contributed by atoms with Gasteiger partial charge in [0, 0.05) is 13.3 Å². The molecule has 1 unspecified atom stereocenters. The molecule has 0 saturated carbocycles. The Hall–Kier alpha value is -2.73. The first kappa shape index (κ1) is 16.7. The number of hydrazone groups is 1. The molecule has 4 rings (SSSR count). The summed E-state index contributed by atoms with van der Waals surface area (Å²) in [5.74, 6) is 0.871. The van der Waals surface area contributed by atoms with E-state index in [1.165, 1.54) is 16.9 Å². The van der Waals surface area contributed by atoms with E-state index >= 15 is 0 Å². The molecule has 0 aliphatic carbocycles. The number of ketones is 1. The Morgan fingerprint density at radius 2 is 2.00 bits per heavy atom. The van der Waals surface area contributed by atoms with Crippen LogP contribution in [0.15, 0.2) is 52.2 Å². The summed E-state index contributed by atoms with van der Waals surface area (Å²) >= 11 is 1.38. The van der Waals surface area contributed by atoms with Crippen LogP contribution in [-0.2, 0) is 0 Å². The number of furan rings is 1. The minimum Gasteiger partial charge on any atom is -0.467 e.